The summed E-state index contributed by atoms with van der Waals surface area (Å²) in [5, 5.41) is 7.49. The Morgan fingerprint density at radius 2 is 2.21 bits per heavy atom. The van der Waals surface area contributed by atoms with Gasteiger partial charge in [0.25, 0.3) is 6.43 Å². The summed E-state index contributed by atoms with van der Waals surface area (Å²) in [5.74, 6) is -0.0625. The second-order valence-corrected chi connectivity index (χ2v) is 10.9. The van der Waals surface area contributed by atoms with Gasteiger partial charge in [-0.05, 0) is 18.8 Å². The van der Waals surface area contributed by atoms with Crippen LogP contribution >= 0.6 is 0 Å². The van der Waals surface area contributed by atoms with Crippen LogP contribution in [0.3, 0.4) is 0 Å². The third-order valence-electron chi connectivity index (χ3n) is 5.71. The third kappa shape index (κ3) is 6.24. The molecule has 3 aliphatic rings. The van der Waals surface area contributed by atoms with Gasteiger partial charge >= 0.3 is 0 Å². The molecule has 1 unspecified atom stereocenters. The summed E-state index contributed by atoms with van der Waals surface area (Å²) in [6.45, 7) is 1.37. The lowest BCUT2D eigenvalue weighted by Gasteiger charge is -2.36. The van der Waals surface area contributed by atoms with E-state index in [-0.39, 0.29) is 24.0 Å². The minimum absolute atomic E-state index is 0.00755. The van der Waals surface area contributed by atoms with Crippen LogP contribution < -0.4 is 10.9 Å². The van der Waals surface area contributed by atoms with Crippen molar-refractivity contribution in [3.8, 4) is 0 Å². The van der Waals surface area contributed by atoms with Gasteiger partial charge in [0.1, 0.15) is 34.1 Å². The van der Waals surface area contributed by atoms with E-state index in [4.69, 9.17) is 0 Å². The summed E-state index contributed by atoms with van der Waals surface area (Å²) >= 11 is 0. The molecule has 0 aromatic carbocycles. The number of nitrogens with zero attached hydrogens (tertiary/aromatic N) is 6. The van der Waals surface area contributed by atoms with E-state index in [2.05, 4.69) is 20.9 Å². The van der Waals surface area contributed by atoms with Crippen LogP contribution in [0.2, 0.25) is 0 Å². The predicted molar refractivity (Wildman–Crippen MR) is 122 cm³/mol. The van der Waals surface area contributed by atoms with Crippen LogP contribution in [0.5, 0.6) is 0 Å². The molecule has 1 aromatic heterocycles. The Labute approximate surface area is 196 Å². The second-order valence-electron chi connectivity index (χ2n) is 8.62. The molecule has 1 saturated heterocycles. The fraction of sp³-hybridized carbons (Fsp3) is 0.550. The number of rotatable bonds is 9. The lowest BCUT2D eigenvalue weighted by Crippen LogP contribution is -2.45. The fourth-order valence-electron chi connectivity index (χ4n) is 4.10. The van der Waals surface area contributed by atoms with Crippen molar-refractivity contribution < 1.29 is 22.0 Å². The lowest BCUT2D eigenvalue weighted by molar-refractivity contribution is -0.132. The first-order valence-electron chi connectivity index (χ1n) is 11.0. The molecule has 1 amide bonds. The maximum absolute atomic E-state index is 12.5. The molecule has 1 aromatic rings. The van der Waals surface area contributed by atoms with Gasteiger partial charge in [-0.3, -0.25) is 19.9 Å². The summed E-state index contributed by atoms with van der Waals surface area (Å²) in [6, 6.07) is 0. The molecule has 0 radical (unpaired) electrons. The van der Waals surface area contributed by atoms with Gasteiger partial charge < -0.3 is 10.3 Å². The number of likely N-dealkylation sites (tertiary alicyclic amines) is 1. The summed E-state index contributed by atoms with van der Waals surface area (Å²) < 4.78 is 49.0. The van der Waals surface area contributed by atoms with Gasteiger partial charge in [-0.25, -0.2) is 27.2 Å². The SMILES string of the molecule is CS(=O)(=O)CCC(=O)N1CCCC(CN2NC=C3N=CN(Nc4cnn(CC(F)F)c4)C=C32)C1. The molecular weight excluding hydrogens is 470 g/mol. The minimum atomic E-state index is -3.18. The number of carbonyl (C=O) groups excluding carboxylic acids is 1. The summed E-state index contributed by atoms with van der Waals surface area (Å²) in [6.07, 6.45) is 8.62. The summed E-state index contributed by atoms with van der Waals surface area (Å²) in [5.41, 5.74) is 8.38. The number of fused-ring (bicyclic) bond motifs is 1. The smallest absolute Gasteiger partial charge is 0.257 e. The van der Waals surface area contributed by atoms with E-state index < -0.39 is 22.8 Å². The highest BCUT2D eigenvalue weighted by Gasteiger charge is 2.30. The van der Waals surface area contributed by atoms with Gasteiger partial charge in [-0.2, -0.15) is 5.10 Å². The van der Waals surface area contributed by atoms with Crippen molar-refractivity contribution in [3.05, 3.63) is 36.2 Å². The zero-order valence-corrected chi connectivity index (χ0v) is 19.6. The van der Waals surface area contributed by atoms with Gasteiger partial charge in [0, 0.05) is 38.5 Å². The van der Waals surface area contributed by atoms with Gasteiger partial charge in [-0.1, -0.05) is 0 Å². The van der Waals surface area contributed by atoms with Crippen LogP contribution in [-0.2, 0) is 21.2 Å². The first kappa shape index (κ1) is 24.0. The quantitative estimate of drug-likeness (QED) is 0.518. The topological polar surface area (TPSA) is 115 Å². The largest absolute Gasteiger partial charge is 0.342 e. The fourth-order valence-corrected chi connectivity index (χ4v) is 4.65. The van der Waals surface area contributed by atoms with Crippen LogP contribution in [0.15, 0.2) is 41.2 Å². The van der Waals surface area contributed by atoms with Gasteiger partial charge in [-0.15, -0.1) is 0 Å². The van der Waals surface area contributed by atoms with E-state index >= 15 is 0 Å². The van der Waals surface area contributed by atoms with Crippen molar-refractivity contribution in [3.63, 3.8) is 0 Å². The van der Waals surface area contributed by atoms with Crippen molar-refractivity contribution in [1.29, 1.82) is 0 Å². The van der Waals surface area contributed by atoms with Crippen molar-refractivity contribution >= 4 is 27.8 Å². The molecular formula is C20H28F2N8O3S. The molecule has 0 bridgehead atoms. The number of nitrogens with one attached hydrogen (secondary N) is 2. The van der Waals surface area contributed by atoms with Crippen LogP contribution in [0.1, 0.15) is 19.3 Å². The van der Waals surface area contributed by atoms with Crippen molar-refractivity contribution in [1.82, 2.24) is 30.1 Å². The Bertz CT molecular complexity index is 1100. The molecule has 14 heteroatoms. The average Bonchev–Trinajstić information content (AvgIpc) is 3.38. The predicted octanol–water partition coefficient (Wildman–Crippen LogP) is 0.995. The van der Waals surface area contributed by atoms with Crippen LogP contribution in [0, 0.1) is 5.92 Å². The zero-order chi connectivity index (χ0) is 24.3. The minimum Gasteiger partial charge on any atom is -0.342 e. The average molecular weight is 499 g/mol. The standard InChI is InChI=1S/C20H28F2N8O3S/c1-34(32,33)6-4-20(31)27-5-2-3-15(9-27)10-30-18-12-29(14-23-17(18)8-25-30)26-16-7-24-28(11-16)13-19(21)22/h7-8,11-12,14-15,19,25-26H,2-6,9-10,13H2,1H3. The molecule has 1 atom stereocenters. The summed E-state index contributed by atoms with van der Waals surface area (Å²) in [7, 11) is -3.18. The molecule has 34 heavy (non-hydrogen) atoms. The molecule has 3 aliphatic heterocycles. The van der Waals surface area contributed by atoms with Crippen molar-refractivity contribution in [2.45, 2.75) is 32.2 Å². The number of aliphatic imine (C=N–C) groups is 1. The van der Waals surface area contributed by atoms with Gasteiger partial charge in [0.2, 0.25) is 5.91 Å². The molecule has 2 N–H and O–H groups in total. The highest BCUT2D eigenvalue weighted by Crippen LogP contribution is 2.27. The second kappa shape index (κ2) is 9.99. The molecule has 11 nitrogen and oxygen atoms in total. The number of piperidine rings is 1. The Morgan fingerprint density at radius 1 is 1.38 bits per heavy atom. The van der Waals surface area contributed by atoms with Crippen molar-refractivity contribution in [2.24, 2.45) is 10.9 Å². The van der Waals surface area contributed by atoms with E-state index in [1.54, 1.807) is 22.4 Å². The van der Waals surface area contributed by atoms with Crippen LogP contribution in [0.4, 0.5) is 14.5 Å². The molecule has 4 rings (SSSR count). The van der Waals surface area contributed by atoms with E-state index in [1.807, 2.05) is 11.2 Å². The number of hydrogen-bond donors (Lipinski definition) is 2. The van der Waals surface area contributed by atoms with Crippen LogP contribution in [-0.4, -0.2) is 83.4 Å². The molecule has 1 fully saturated rings. The molecule has 0 saturated carbocycles. The van der Waals surface area contributed by atoms with Gasteiger partial charge in [0.15, 0.2) is 0 Å². The van der Waals surface area contributed by atoms with Crippen LogP contribution in [0.25, 0.3) is 0 Å². The number of amides is 1. The van der Waals surface area contributed by atoms with Gasteiger partial charge in [0.05, 0.1) is 30.0 Å². The molecule has 0 aliphatic carbocycles. The lowest BCUT2D eigenvalue weighted by atomic mass is 9.97. The highest BCUT2D eigenvalue weighted by atomic mass is 32.2. The maximum Gasteiger partial charge on any atom is 0.257 e. The summed E-state index contributed by atoms with van der Waals surface area (Å²) in [4.78, 5) is 18.6. The molecule has 0 spiro atoms. The number of hydrogen-bond acceptors (Lipinski definition) is 9. The van der Waals surface area contributed by atoms with E-state index in [0.717, 1.165) is 30.5 Å². The number of sulfone groups is 1. The molecule has 186 valence electrons. The maximum atomic E-state index is 12.5. The Balaban J connectivity index is 1.34. The van der Waals surface area contributed by atoms with E-state index in [9.17, 15) is 22.0 Å². The Hall–Kier alpha value is -3.16. The monoisotopic (exact) mass is 498 g/mol. The first-order chi connectivity index (χ1) is 16.2. The van der Waals surface area contributed by atoms with E-state index in [1.165, 1.54) is 17.1 Å². The van der Waals surface area contributed by atoms with Crippen molar-refractivity contribution in [2.75, 3.05) is 37.1 Å². The number of hydrazine groups is 2. The Morgan fingerprint density at radius 3 is 2.97 bits per heavy atom. The molecule has 4 heterocycles. The number of carbonyl (C=O) groups is 1. The first-order valence-corrected chi connectivity index (χ1v) is 13.0. The number of aromatic nitrogens is 2. The van der Waals surface area contributed by atoms with E-state index in [0.29, 0.717) is 25.3 Å². The third-order valence-corrected chi connectivity index (χ3v) is 6.65. The number of alkyl halides is 2. The number of anilines is 1. The highest BCUT2D eigenvalue weighted by molar-refractivity contribution is 7.90. The number of halogens is 2. The zero-order valence-electron chi connectivity index (χ0n) is 18.8. The normalized spacial score (nSPS) is 20.2. The Kier molecular flexibility index (Phi) is 7.05.